The van der Waals surface area contributed by atoms with Crippen LogP contribution in [0.3, 0.4) is 0 Å². The van der Waals surface area contributed by atoms with Gasteiger partial charge in [0.2, 0.25) is 0 Å². The first-order valence-corrected chi connectivity index (χ1v) is 8.27. The predicted octanol–water partition coefficient (Wildman–Crippen LogP) is 3.39. The minimum atomic E-state index is 0.620. The van der Waals surface area contributed by atoms with Gasteiger partial charge in [0.15, 0.2) is 0 Å². The van der Waals surface area contributed by atoms with Gasteiger partial charge in [-0.15, -0.1) is 0 Å². The average Bonchev–Trinajstić information content (AvgIpc) is 2.50. The lowest BCUT2D eigenvalue weighted by atomic mass is 9.84. The Balaban J connectivity index is 1.90. The summed E-state index contributed by atoms with van der Waals surface area (Å²) in [7, 11) is 2.11. The first kappa shape index (κ1) is 13.9. The largest absolute Gasteiger partial charge is 0.368 e. The van der Waals surface area contributed by atoms with Crippen LogP contribution in [0.15, 0.2) is 18.2 Å². The van der Waals surface area contributed by atoms with Crippen molar-refractivity contribution in [3.8, 4) is 0 Å². The second kappa shape index (κ2) is 5.77. The minimum Gasteiger partial charge on any atom is -0.368 e. The van der Waals surface area contributed by atoms with E-state index in [1.807, 2.05) is 0 Å². The molecule has 2 nitrogen and oxygen atoms in total. The lowest BCUT2D eigenvalue weighted by Gasteiger charge is -2.45. The van der Waals surface area contributed by atoms with Gasteiger partial charge >= 0.3 is 0 Å². The van der Waals surface area contributed by atoms with E-state index in [-0.39, 0.29) is 0 Å². The third-order valence-corrected chi connectivity index (χ3v) is 5.62. The van der Waals surface area contributed by atoms with Crippen LogP contribution in [0, 0.1) is 5.92 Å². The summed E-state index contributed by atoms with van der Waals surface area (Å²) in [4.78, 5) is 2.67. The molecule has 1 saturated heterocycles. The number of anilines is 1. The fourth-order valence-corrected chi connectivity index (χ4v) is 4.14. The summed E-state index contributed by atoms with van der Waals surface area (Å²) in [6, 6.07) is 8.25. The number of benzene rings is 1. The van der Waals surface area contributed by atoms with Crippen molar-refractivity contribution in [2.45, 2.75) is 58.0 Å². The highest BCUT2D eigenvalue weighted by atomic mass is 15.2. The molecule has 0 bridgehead atoms. The maximum absolute atomic E-state index is 3.49. The van der Waals surface area contributed by atoms with E-state index in [4.69, 9.17) is 0 Å². The molecule has 1 aromatic rings. The summed E-state index contributed by atoms with van der Waals surface area (Å²) in [5.41, 5.74) is 4.76. The molecule has 2 heteroatoms. The predicted molar refractivity (Wildman–Crippen MR) is 86.5 cm³/mol. The van der Waals surface area contributed by atoms with E-state index in [1.54, 1.807) is 11.1 Å². The summed E-state index contributed by atoms with van der Waals surface area (Å²) in [6.07, 6.45) is 6.54. The number of aryl methyl sites for hydroxylation is 1. The minimum absolute atomic E-state index is 0.620. The molecule has 3 atom stereocenters. The first-order valence-electron chi connectivity index (χ1n) is 8.27. The standard InChI is InChI=1S/C18H28N2/c1-13-14(2)20(12-11-17(13)19-3)18-10-6-8-15-7-4-5-9-16(15)18/h6,8,10,13-14,17,19H,4-5,7,9,11-12H2,1-3H3. The fraction of sp³-hybridized carbons (Fsp3) is 0.667. The Hall–Kier alpha value is -1.02. The molecule has 110 valence electrons. The van der Waals surface area contributed by atoms with Gasteiger partial charge in [-0.3, -0.25) is 0 Å². The zero-order valence-corrected chi connectivity index (χ0v) is 13.2. The molecule has 1 aliphatic carbocycles. The number of hydrogen-bond donors (Lipinski definition) is 1. The van der Waals surface area contributed by atoms with E-state index in [0.29, 0.717) is 18.0 Å². The van der Waals surface area contributed by atoms with E-state index in [1.165, 1.54) is 44.3 Å². The Labute approximate surface area is 123 Å². The van der Waals surface area contributed by atoms with E-state index < -0.39 is 0 Å². The zero-order chi connectivity index (χ0) is 14.1. The molecule has 20 heavy (non-hydrogen) atoms. The van der Waals surface area contributed by atoms with E-state index in [2.05, 4.69) is 49.3 Å². The van der Waals surface area contributed by atoms with E-state index in [9.17, 15) is 0 Å². The van der Waals surface area contributed by atoms with Crippen molar-refractivity contribution in [1.82, 2.24) is 5.32 Å². The van der Waals surface area contributed by atoms with Crippen LogP contribution in [0.1, 0.15) is 44.2 Å². The molecular formula is C18H28N2. The van der Waals surface area contributed by atoms with Crippen LogP contribution in [-0.4, -0.2) is 25.7 Å². The third-order valence-electron chi connectivity index (χ3n) is 5.62. The smallest absolute Gasteiger partial charge is 0.0404 e. The molecule has 3 unspecified atom stereocenters. The zero-order valence-electron chi connectivity index (χ0n) is 13.2. The quantitative estimate of drug-likeness (QED) is 0.888. The molecule has 3 rings (SSSR count). The molecule has 0 aromatic heterocycles. The highest BCUT2D eigenvalue weighted by molar-refractivity contribution is 5.58. The van der Waals surface area contributed by atoms with E-state index >= 15 is 0 Å². The fourth-order valence-electron chi connectivity index (χ4n) is 4.14. The topological polar surface area (TPSA) is 15.3 Å². The van der Waals surface area contributed by atoms with Crippen LogP contribution in [-0.2, 0) is 12.8 Å². The van der Waals surface area contributed by atoms with Crippen molar-refractivity contribution in [2.75, 3.05) is 18.5 Å². The normalized spacial score (nSPS) is 30.1. The van der Waals surface area contributed by atoms with Crippen molar-refractivity contribution < 1.29 is 0 Å². The van der Waals surface area contributed by atoms with Gasteiger partial charge in [0.05, 0.1) is 0 Å². The Morgan fingerprint density at radius 3 is 2.75 bits per heavy atom. The maximum atomic E-state index is 3.49. The molecular weight excluding hydrogens is 244 g/mol. The lowest BCUT2D eigenvalue weighted by Crippen LogP contribution is -2.53. The molecule has 1 heterocycles. The van der Waals surface area contributed by atoms with Gasteiger partial charge in [-0.1, -0.05) is 19.1 Å². The number of piperidine rings is 1. The number of hydrogen-bond acceptors (Lipinski definition) is 2. The maximum Gasteiger partial charge on any atom is 0.0404 e. The van der Waals surface area contributed by atoms with Gasteiger partial charge in [-0.05, 0) is 69.2 Å². The van der Waals surface area contributed by atoms with Gasteiger partial charge < -0.3 is 10.2 Å². The Morgan fingerprint density at radius 2 is 1.95 bits per heavy atom. The van der Waals surface area contributed by atoms with Crippen molar-refractivity contribution >= 4 is 5.69 Å². The van der Waals surface area contributed by atoms with Gasteiger partial charge in [0.25, 0.3) is 0 Å². The van der Waals surface area contributed by atoms with Crippen LogP contribution in [0.4, 0.5) is 5.69 Å². The SMILES string of the molecule is CNC1CCN(c2cccc3c2CCCC3)C(C)C1C. The second-order valence-electron chi connectivity index (χ2n) is 6.60. The molecule has 1 aliphatic heterocycles. The number of nitrogens with zero attached hydrogens (tertiary/aromatic N) is 1. The molecule has 0 saturated carbocycles. The van der Waals surface area contributed by atoms with Crippen LogP contribution in [0.25, 0.3) is 0 Å². The first-order chi connectivity index (χ1) is 9.72. The molecule has 2 aliphatic rings. The van der Waals surface area contributed by atoms with Crippen LogP contribution in [0.5, 0.6) is 0 Å². The van der Waals surface area contributed by atoms with Gasteiger partial charge in [0, 0.05) is 24.3 Å². The number of rotatable bonds is 2. The molecule has 0 spiro atoms. The summed E-state index contributed by atoms with van der Waals surface area (Å²) >= 11 is 0. The average molecular weight is 272 g/mol. The number of nitrogens with one attached hydrogen (secondary N) is 1. The Bertz CT molecular complexity index is 468. The Morgan fingerprint density at radius 1 is 1.15 bits per heavy atom. The highest BCUT2D eigenvalue weighted by Gasteiger charge is 2.32. The second-order valence-corrected chi connectivity index (χ2v) is 6.60. The molecule has 0 radical (unpaired) electrons. The summed E-state index contributed by atoms with van der Waals surface area (Å²) in [6.45, 7) is 5.98. The van der Waals surface area contributed by atoms with Gasteiger partial charge in [-0.25, -0.2) is 0 Å². The summed E-state index contributed by atoms with van der Waals surface area (Å²) < 4.78 is 0. The lowest BCUT2D eigenvalue weighted by molar-refractivity contribution is 0.282. The summed E-state index contributed by atoms with van der Waals surface area (Å²) in [5.74, 6) is 0.702. The van der Waals surface area contributed by atoms with Crippen molar-refractivity contribution in [2.24, 2.45) is 5.92 Å². The number of fused-ring (bicyclic) bond motifs is 1. The van der Waals surface area contributed by atoms with Gasteiger partial charge in [0.1, 0.15) is 0 Å². The van der Waals surface area contributed by atoms with Crippen LogP contribution < -0.4 is 10.2 Å². The summed E-state index contributed by atoms with van der Waals surface area (Å²) in [5, 5.41) is 3.49. The monoisotopic (exact) mass is 272 g/mol. The van der Waals surface area contributed by atoms with Crippen molar-refractivity contribution in [3.63, 3.8) is 0 Å². The van der Waals surface area contributed by atoms with Crippen molar-refractivity contribution in [3.05, 3.63) is 29.3 Å². The van der Waals surface area contributed by atoms with Crippen LogP contribution in [0.2, 0.25) is 0 Å². The van der Waals surface area contributed by atoms with Crippen molar-refractivity contribution in [1.29, 1.82) is 0 Å². The molecule has 1 aromatic carbocycles. The molecule has 1 fully saturated rings. The van der Waals surface area contributed by atoms with Crippen LogP contribution >= 0.6 is 0 Å². The van der Waals surface area contributed by atoms with E-state index in [0.717, 1.165) is 0 Å². The Kier molecular flexibility index (Phi) is 4.02. The molecule has 0 amide bonds. The van der Waals surface area contributed by atoms with Gasteiger partial charge in [-0.2, -0.15) is 0 Å². The third kappa shape index (κ3) is 2.35. The molecule has 1 N–H and O–H groups in total. The highest BCUT2D eigenvalue weighted by Crippen LogP contribution is 2.35.